The molecular weight excluding hydrogens is 1190 g/mol. The number of aromatic nitrogens is 1. The van der Waals surface area contributed by atoms with Gasteiger partial charge in [0, 0.05) is 73.3 Å². The Labute approximate surface area is 497 Å². The molecule has 0 radical (unpaired) electrons. The van der Waals surface area contributed by atoms with E-state index in [1.165, 1.54) is 6.07 Å². The van der Waals surface area contributed by atoms with E-state index >= 15 is 9.59 Å². The highest BCUT2D eigenvalue weighted by Crippen LogP contribution is 2.25. The van der Waals surface area contributed by atoms with Crippen LogP contribution in [0.15, 0.2) is 146 Å². The first-order valence-electron chi connectivity index (χ1n) is 26.9. The lowest BCUT2D eigenvalue weighted by molar-refractivity contribution is -0.135. The van der Waals surface area contributed by atoms with Crippen LogP contribution >= 0.6 is 44.2 Å². The molecule has 0 saturated carbocycles. The van der Waals surface area contributed by atoms with Gasteiger partial charge in [-0.2, -0.15) is 0 Å². The Morgan fingerprint density at radius 1 is 0.610 bits per heavy atom. The summed E-state index contributed by atoms with van der Waals surface area (Å²) in [6.07, 6.45) is 1.57. The van der Waals surface area contributed by atoms with Gasteiger partial charge in [-0.1, -0.05) is 157 Å². The number of aromatic amines is 1. The van der Waals surface area contributed by atoms with Crippen molar-refractivity contribution in [3.8, 4) is 5.75 Å². The Bertz CT molecular complexity index is 3400. The van der Waals surface area contributed by atoms with E-state index in [-0.39, 0.29) is 55.4 Å². The number of fused-ring (bicyclic) bond motifs is 2. The third-order valence-corrected chi connectivity index (χ3v) is 17.3. The predicted molar refractivity (Wildman–Crippen MR) is 330 cm³/mol. The Balaban J connectivity index is 1.16. The number of hydrogen-bond acceptors (Lipinski definition) is 12. The predicted octanol–water partition coefficient (Wildman–Crippen LogP) is 4.76. The van der Waals surface area contributed by atoms with Gasteiger partial charge in [0.1, 0.15) is 42.0 Å². The number of carbonyl (C=O) groups is 7. The number of carbonyl (C=O) groups excluding carboxylic acids is 7. The van der Waals surface area contributed by atoms with Crippen LogP contribution in [0, 0.1) is 3.57 Å². The van der Waals surface area contributed by atoms with E-state index in [2.05, 4.69) is 42.2 Å². The number of hydrogen-bond donors (Lipinski definition) is 11. The maximum Gasteiger partial charge on any atom is 0.244 e. The molecule has 1 saturated heterocycles. The standard InChI is InChI=1S/C61H67IN10O8S2/c1-35(2)65-31-38-18-16-37(17-19-38)27-50-58(77)70-51(29-40-21-23-54(73)45(62)25-40)59(78)72-53(61(80)67-48(55(64)74)28-39-20-22-41-12-6-7-13-42(41)24-39)34-82-81-33-46(63)56(75)68-49(26-36-10-4-3-5-11-36)57(76)71-52(60(79)69-50)30-43-32-66-47-15-9-8-14-44(43)47/h3-25,32,35,46,48-53,65-66,73H,26-31,33-34,63H2,1-2H3,(H2,64,74)(H,67,80)(H,68,75)(H,69,79)(H,70,77)(H,71,76)(H,72,78)/t46-,48+,49+,50+,51+,52-,53+/m1/s1/i62-2. The van der Waals surface area contributed by atoms with E-state index < -0.39 is 83.6 Å². The molecule has 0 aliphatic carbocycles. The molecule has 1 aliphatic heterocycles. The quantitative estimate of drug-likeness (QED) is 0.0462. The number of phenols is 1. The number of amides is 7. The van der Waals surface area contributed by atoms with Gasteiger partial charge in [0.15, 0.2) is 0 Å². The van der Waals surface area contributed by atoms with Crippen molar-refractivity contribution < 1.29 is 38.7 Å². The van der Waals surface area contributed by atoms with E-state index in [1.54, 1.807) is 30.5 Å². The number of phenolic OH excluding ortho intramolecular Hbond substituents is 1. The second-order valence-electron chi connectivity index (χ2n) is 20.6. The number of nitrogens with one attached hydrogen (secondary N) is 8. The summed E-state index contributed by atoms with van der Waals surface area (Å²) >= 11 is 1.96. The summed E-state index contributed by atoms with van der Waals surface area (Å²) in [5.41, 5.74) is 17.5. The lowest BCUT2D eigenvalue weighted by atomic mass is 9.99. The highest BCUT2D eigenvalue weighted by atomic mass is 125. The monoisotopic (exact) mass is 1260 g/mol. The van der Waals surface area contributed by atoms with Crippen LogP contribution < -0.4 is 48.7 Å². The van der Waals surface area contributed by atoms with Crippen LogP contribution in [-0.2, 0) is 72.2 Å². The third kappa shape index (κ3) is 17.1. The number of nitrogens with two attached hydrogens (primary N) is 2. The first-order chi connectivity index (χ1) is 39.5. The highest BCUT2D eigenvalue weighted by molar-refractivity contribution is 14.1. The minimum atomic E-state index is -1.41. The smallest absolute Gasteiger partial charge is 0.244 e. The number of aromatic hydroxyl groups is 1. The summed E-state index contributed by atoms with van der Waals surface area (Å²) in [7, 11) is 2.27. The molecule has 8 rings (SSSR count). The molecule has 6 aromatic carbocycles. The van der Waals surface area contributed by atoms with Gasteiger partial charge < -0.3 is 58.8 Å². The van der Waals surface area contributed by atoms with Gasteiger partial charge in [-0.25, -0.2) is 0 Å². The molecule has 7 aromatic rings. The maximum atomic E-state index is 15.2. The molecule has 82 heavy (non-hydrogen) atoms. The summed E-state index contributed by atoms with van der Waals surface area (Å²) in [5.74, 6) is -5.34. The zero-order chi connectivity index (χ0) is 58.3. The van der Waals surface area contributed by atoms with Crippen molar-refractivity contribution in [3.05, 3.63) is 183 Å². The van der Waals surface area contributed by atoms with Crippen molar-refractivity contribution in [2.75, 3.05) is 11.5 Å². The molecule has 428 valence electrons. The van der Waals surface area contributed by atoms with Gasteiger partial charge in [0.25, 0.3) is 0 Å². The van der Waals surface area contributed by atoms with Crippen molar-refractivity contribution in [1.29, 1.82) is 0 Å². The minimum absolute atomic E-state index is 0.000321. The number of rotatable bonds is 16. The van der Waals surface area contributed by atoms with Gasteiger partial charge in [-0.15, -0.1) is 0 Å². The van der Waals surface area contributed by atoms with Crippen molar-refractivity contribution >= 4 is 107 Å². The van der Waals surface area contributed by atoms with Crippen LogP contribution in [-0.4, -0.2) is 111 Å². The van der Waals surface area contributed by atoms with Gasteiger partial charge in [-0.05, 0) is 84.9 Å². The number of primary amides is 1. The lowest BCUT2D eigenvalue weighted by Gasteiger charge is -2.28. The number of halogens is 1. The Morgan fingerprint density at radius 3 is 1.80 bits per heavy atom. The second kappa shape index (κ2) is 29.0. The van der Waals surface area contributed by atoms with Crippen LogP contribution in [0.25, 0.3) is 21.7 Å². The average Bonchev–Trinajstić information content (AvgIpc) is 4.01. The normalized spacial score (nSPS) is 20.2. The van der Waals surface area contributed by atoms with Crippen LogP contribution in [0.4, 0.5) is 0 Å². The van der Waals surface area contributed by atoms with Crippen LogP contribution in [0.2, 0.25) is 0 Å². The molecule has 18 nitrogen and oxygen atoms in total. The van der Waals surface area contributed by atoms with Crippen molar-refractivity contribution in [3.63, 3.8) is 0 Å². The molecule has 21 heteroatoms. The molecule has 0 bridgehead atoms. The fourth-order valence-electron chi connectivity index (χ4n) is 9.43. The summed E-state index contributed by atoms with van der Waals surface area (Å²) in [5, 5.41) is 33.7. The van der Waals surface area contributed by atoms with Gasteiger partial charge in [0.05, 0.1) is 9.61 Å². The molecule has 0 spiro atoms. The van der Waals surface area contributed by atoms with E-state index in [1.807, 2.05) is 146 Å². The van der Waals surface area contributed by atoms with Crippen LogP contribution in [0.5, 0.6) is 5.75 Å². The first kappa shape index (κ1) is 60.7. The van der Waals surface area contributed by atoms with Crippen molar-refractivity contribution in [2.24, 2.45) is 11.5 Å². The molecule has 0 unspecified atom stereocenters. The summed E-state index contributed by atoms with van der Waals surface area (Å²) in [6, 6.07) is 33.3. The number of para-hydroxylation sites is 1. The van der Waals surface area contributed by atoms with E-state index in [9.17, 15) is 29.1 Å². The third-order valence-electron chi connectivity index (χ3n) is 14.0. The van der Waals surface area contributed by atoms with E-state index in [0.717, 1.165) is 60.0 Å². The Morgan fingerprint density at radius 2 is 1.15 bits per heavy atom. The highest BCUT2D eigenvalue weighted by Gasteiger charge is 2.35. The summed E-state index contributed by atoms with van der Waals surface area (Å²) in [4.78, 5) is 105. The minimum Gasteiger partial charge on any atom is -0.507 e. The molecule has 7 amide bonds. The van der Waals surface area contributed by atoms with Crippen LogP contribution in [0.1, 0.15) is 47.2 Å². The Kier molecular flexibility index (Phi) is 21.5. The SMILES string of the molecule is CC(C)NCc1ccc(C[C@@H]2NC(=O)[C@@H](Cc3c[nH]c4ccccc34)NC(=O)[C@H](Cc3ccccc3)NC(=O)[C@H](N)CSSC[C@@H](C(=O)N[C@@H](Cc3ccc4ccccc4c3)C(N)=O)NC(=O)[C@H](Cc3ccc(O)c([125I])c3)NC2=O)cc1. The maximum absolute atomic E-state index is 15.2. The summed E-state index contributed by atoms with van der Waals surface area (Å²) < 4.78 is 0.474. The number of H-pyrrole nitrogens is 1. The number of benzene rings is 6. The lowest BCUT2D eigenvalue weighted by Crippen LogP contribution is -2.61. The van der Waals surface area contributed by atoms with Gasteiger partial charge in [-0.3, -0.25) is 33.6 Å². The molecule has 2 heterocycles. The Hall–Kier alpha value is -7.44. The zero-order valence-electron chi connectivity index (χ0n) is 45.3. The largest absolute Gasteiger partial charge is 0.507 e. The summed E-state index contributed by atoms with van der Waals surface area (Å²) in [6.45, 7) is 4.66. The average molecular weight is 1260 g/mol. The van der Waals surface area contributed by atoms with Crippen molar-refractivity contribution in [1.82, 2.24) is 42.2 Å². The van der Waals surface area contributed by atoms with Crippen LogP contribution in [0.3, 0.4) is 0 Å². The molecule has 1 aromatic heterocycles. The fraction of sp³-hybridized carbons (Fsp3) is 0.295. The van der Waals surface area contributed by atoms with Crippen molar-refractivity contribution in [2.45, 2.75) is 101 Å². The molecule has 1 aliphatic rings. The van der Waals surface area contributed by atoms with Gasteiger partial charge in [0.2, 0.25) is 41.4 Å². The van der Waals surface area contributed by atoms with E-state index in [4.69, 9.17) is 11.5 Å². The molecule has 7 atom stereocenters. The molecular formula is C61H67IN10O8S2. The first-order valence-corrected chi connectivity index (χ1v) is 30.5. The topological polar surface area (TPSA) is 292 Å². The zero-order valence-corrected chi connectivity index (χ0v) is 49.1. The van der Waals surface area contributed by atoms with E-state index in [0.29, 0.717) is 26.8 Å². The fourth-order valence-corrected chi connectivity index (χ4v) is 12.3. The molecule has 1 fully saturated rings. The second-order valence-corrected chi connectivity index (χ2v) is 24.3. The van der Waals surface area contributed by atoms with Gasteiger partial charge >= 0.3 is 0 Å². The molecule has 13 N–H and O–H groups in total.